The van der Waals surface area contributed by atoms with E-state index in [0.29, 0.717) is 5.75 Å². The van der Waals surface area contributed by atoms with Gasteiger partial charge in [-0.3, -0.25) is 10.1 Å². The Morgan fingerprint density at radius 2 is 2.00 bits per heavy atom. The second-order valence-electron chi connectivity index (χ2n) is 5.14. The number of nitrogens with zero attached hydrogens (tertiary/aromatic N) is 4. The summed E-state index contributed by atoms with van der Waals surface area (Å²) < 4.78 is 12.2. The highest BCUT2D eigenvalue weighted by atomic mass is 32.1. The first-order valence-corrected chi connectivity index (χ1v) is 7.84. The molecule has 0 aliphatic rings. The number of rotatable bonds is 6. The molecule has 0 atom stereocenters. The number of aromatic nitrogens is 4. The number of amides is 1. The highest BCUT2D eigenvalue weighted by molar-refractivity contribution is 7.71. The number of carbonyl (C=O) groups is 1. The number of carbonyl (C=O) groups excluding carboxylic acids is 1. The van der Waals surface area contributed by atoms with Crippen molar-refractivity contribution in [2.45, 2.75) is 20.1 Å². The van der Waals surface area contributed by atoms with Gasteiger partial charge in [0.25, 0.3) is 10.7 Å². The van der Waals surface area contributed by atoms with Gasteiger partial charge in [-0.15, -0.1) is 5.10 Å². The Bertz CT molecular complexity index is 906. The van der Waals surface area contributed by atoms with Crippen LogP contribution in [0.4, 0.5) is 5.95 Å². The number of nitrogens with one attached hydrogen (secondary N) is 1. The molecule has 25 heavy (non-hydrogen) atoms. The van der Waals surface area contributed by atoms with Gasteiger partial charge in [0.2, 0.25) is 11.9 Å². The van der Waals surface area contributed by atoms with E-state index < -0.39 is 0 Å². The predicted molar refractivity (Wildman–Crippen MR) is 91.5 cm³/mol. The van der Waals surface area contributed by atoms with E-state index in [1.54, 1.807) is 6.07 Å². The Kier molecular flexibility index (Phi) is 5.14. The topological polar surface area (TPSA) is 95.1 Å². The molecule has 1 N–H and O–H groups in total. The Labute approximate surface area is 148 Å². The van der Waals surface area contributed by atoms with E-state index in [4.69, 9.17) is 21.4 Å². The summed E-state index contributed by atoms with van der Waals surface area (Å²) >= 11 is 5.07. The highest BCUT2D eigenvalue weighted by Crippen LogP contribution is 2.13. The molecule has 3 rings (SSSR count). The molecule has 0 aliphatic carbocycles. The van der Waals surface area contributed by atoms with Gasteiger partial charge in [-0.25, -0.2) is 14.6 Å². The van der Waals surface area contributed by atoms with E-state index in [1.807, 2.05) is 31.2 Å². The molecule has 8 nitrogen and oxygen atoms in total. The van der Waals surface area contributed by atoms with Gasteiger partial charge in [0.05, 0.1) is 0 Å². The lowest BCUT2D eigenvalue weighted by Crippen LogP contribution is -2.21. The monoisotopic (exact) mass is 357 g/mol. The van der Waals surface area contributed by atoms with Gasteiger partial charge in [0, 0.05) is 12.4 Å². The molecule has 2 heterocycles. The van der Waals surface area contributed by atoms with Crippen molar-refractivity contribution in [3.63, 3.8) is 0 Å². The van der Waals surface area contributed by atoms with E-state index in [-0.39, 0.29) is 35.7 Å². The molecule has 0 saturated carbocycles. The number of aryl methyl sites for hydroxylation is 1. The van der Waals surface area contributed by atoms with Crippen LogP contribution in [0.5, 0.6) is 5.75 Å². The molecule has 0 aliphatic heterocycles. The van der Waals surface area contributed by atoms with Gasteiger partial charge in [0.1, 0.15) is 12.3 Å². The lowest BCUT2D eigenvalue weighted by molar-refractivity contribution is -0.117. The van der Waals surface area contributed by atoms with Crippen LogP contribution in [0, 0.1) is 11.8 Å². The maximum Gasteiger partial charge on any atom is 0.287 e. The van der Waals surface area contributed by atoms with Crippen LogP contribution in [-0.2, 0) is 17.9 Å². The SMILES string of the molecule is Cc1ccc(OCc2nn(CC(=O)Nc3ncccn3)c(=S)o2)cc1. The third-order valence-corrected chi connectivity index (χ3v) is 3.44. The summed E-state index contributed by atoms with van der Waals surface area (Å²) in [5.74, 6) is 0.835. The average Bonchev–Trinajstić information content (AvgIpc) is 2.95. The van der Waals surface area contributed by atoms with E-state index in [1.165, 1.54) is 17.1 Å². The van der Waals surface area contributed by atoms with Gasteiger partial charge in [-0.2, -0.15) is 0 Å². The molecule has 128 valence electrons. The fraction of sp³-hybridized carbons (Fsp3) is 0.188. The summed E-state index contributed by atoms with van der Waals surface area (Å²) in [6.07, 6.45) is 3.07. The molecule has 1 amide bonds. The van der Waals surface area contributed by atoms with E-state index in [2.05, 4.69) is 20.4 Å². The molecule has 2 aromatic heterocycles. The third-order valence-electron chi connectivity index (χ3n) is 3.14. The first-order valence-electron chi connectivity index (χ1n) is 7.43. The van der Waals surface area contributed by atoms with Crippen LogP contribution < -0.4 is 10.1 Å². The standard InChI is InChI=1S/C16H15N5O3S/c1-11-3-5-12(6-4-11)23-10-14-20-21(16(25)24-14)9-13(22)19-15-17-7-2-8-18-15/h2-8H,9-10H2,1H3,(H,17,18,19,22). The van der Waals surface area contributed by atoms with Gasteiger partial charge in [-0.1, -0.05) is 17.7 Å². The Morgan fingerprint density at radius 3 is 2.72 bits per heavy atom. The van der Waals surface area contributed by atoms with Crippen LogP contribution >= 0.6 is 12.2 Å². The molecular formula is C16H15N5O3S. The normalized spacial score (nSPS) is 10.4. The first kappa shape index (κ1) is 16.8. The van der Waals surface area contributed by atoms with Crippen molar-refractivity contribution in [3.8, 4) is 5.75 Å². The van der Waals surface area contributed by atoms with Crippen LogP contribution in [-0.4, -0.2) is 25.7 Å². The maximum atomic E-state index is 12.0. The molecule has 0 spiro atoms. The molecular weight excluding hydrogens is 342 g/mol. The minimum Gasteiger partial charge on any atom is -0.484 e. The Morgan fingerprint density at radius 1 is 1.28 bits per heavy atom. The van der Waals surface area contributed by atoms with Crippen LogP contribution in [0.2, 0.25) is 0 Å². The summed E-state index contributed by atoms with van der Waals surface area (Å²) in [4.78, 5) is 19.9. The minimum atomic E-state index is -0.360. The number of benzene rings is 1. The zero-order valence-corrected chi connectivity index (χ0v) is 14.2. The zero-order valence-electron chi connectivity index (χ0n) is 13.4. The molecule has 0 saturated heterocycles. The molecule has 9 heteroatoms. The largest absolute Gasteiger partial charge is 0.484 e. The zero-order chi connectivity index (χ0) is 17.6. The van der Waals surface area contributed by atoms with Crippen LogP contribution in [0.1, 0.15) is 11.5 Å². The maximum absolute atomic E-state index is 12.0. The molecule has 0 fully saturated rings. The number of hydrogen-bond acceptors (Lipinski definition) is 7. The smallest absolute Gasteiger partial charge is 0.287 e. The summed E-state index contributed by atoms with van der Waals surface area (Å²) in [5, 5.41) is 6.69. The van der Waals surface area contributed by atoms with Gasteiger partial charge < -0.3 is 9.15 Å². The lowest BCUT2D eigenvalue weighted by atomic mass is 10.2. The van der Waals surface area contributed by atoms with E-state index in [9.17, 15) is 4.79 Å². The van der Waals surface area contributed by atoms with Crippen LogP contribution in [0.3, 0.4) is 0 Å². The summed E-state index contributed by atoms with van der Waals surface area (Å²) in [6.45, 7) is 2.00. The summed E-state index contributed by atoms with van der Waals surface area (Å²) in [6, 6.07) is 9.26. The van der Waals surface area contributed by atoms with Crippen molar-refractivity contribution >= 4 is 24.1 Å². The summed E-state index contributed by atoms with van der Waals surface area (Å²) in [5.41, 5.74) is 1.14. The minimum absolute atomic E-state index is 0.0895. The molecule has 3 aromatic rings. The number of hydrogen-bond donors (Lipinski definition) is 1. The summed E-state index contributed by atoms with van der Waals surface area (Å²) in [7, 11) is 0. The van der Waals surface area contributed by atoms with Crippen molar-refractivity contribution in [1.29, 1.82) is 0 Å². The quantitative estimate of drug-likeness (QED) is 0.677. The lowest BCUT2D eigenvalue weighted by Gasteiger charge is -2.03. The van der Waals surface area contributed by atoms with Crippen LogP contribution in [0.15, 0.2) is 47.1 Å². The highest BCUT2D eigenvalue weighted by Gasteiger charge is 2.11. The van der Waals surface area contributed by atoms with Gasteiger partial charge in [0.15, 0.2) is 6.61 Å². The molecule has 0 bridgehead atoms. The Hall–Kier alpha value is -3.07. The Balaban J connectivity index is 1.59. The van der Waals surface area contributed by atoms with E-state index in [0.717, 1.165) is 5.56 Å². The molecule has 0 radical (unpaired) electrons. The fourth-order valence-electron chi connectivity index (χ4n) is 1.95. The van der Waals surface area contributed by atoms with Gasteiger partial charge >= 0.3 is 0 Å². The van der Waals surface area contributed by atoms with Crippen molar-refractivity contribution in [2.75, 3.05) is 5.32 Å². The van der Waals surface area contributed by atoms with E-state index >= 15 is 0 Å². The fourth-order valence-corrected chi connectivity index (χ4v) is 2.15. The average molecular weight is 357 g/mol. The van der Waals surface area contributed by atoms with Crippen molar-refractivity contribution in [2.24, 2.45) is 0 Å². The number of ether oxygens (including phenoxy) is 1. The first-order chi connectivity index (χ1) is 12.1. The second-order valence-corrected chi connectivity index (χ2v) is 5.49. The van der Waals surface area contributed by atoms with Crippen molar-refractivity contribution in [1.82, 2.24) is 19.7 Å². The third kappa shape index (κ3) is 4.70. The second kappa shape index (κ2) is 7.67. The van der Waals surface area contributed by atoms with Crippen molar-refractivity contribution in [3.05, 3.63) is 59.0 Å². The van der Waals surface area contributed by atoms with Crippen molar-refractivity contribution < 1.29 is 13.9 Å². The van der Waals surface area contributed by atoms with Gasteiger partial charge in [-0.05, 0) is 37.3 Å². The predicted octanol–water partition coefficient (Wildman–Crippen LogP) is 2.52. The molecule has 0 unspecified atom stereocenters. The molecule has 1 aromatic carbocycles. The van der Waals surface area contributed by atoms with Crippen LogP contribution in [0.25, 0.3) is 0 Å². The number of anilines is 1.